The average Bonchev–Trinajstić information content (AvgIpc) is 2.32. The largest absolute Gasteiger partial charge is 0.346 e. The van der Waals surface area contributed by atoms with Crippen molar-refractivity contribution < 1.29 is 5.32 Å². The molecule has 2 fully saturated rings. The molecule has 0 bridgehead atoms. The van der Waals surface area contributed by atoms with Crippen molar-refractivity contribution in [2.24, 2.45) is 11.8 Å². The molecule has 0 amide bonds. The van der Waals surface area contributed by atoms with E-state index in [0.717, 1.165) is 11.8 Å². The van der Waals surface area contributed by atoms with Crippen molar-refractivity contribution in [2.45, 2.75) is 44.9 Å². The van der Waals surface area contributed by atoms with Crippen molar-refractivity contribution in [3.63, 3.8) is 0 Å². The highest BCUT2D eigenvalue weighted by molar-refractivity contribution is 4.69. The summed E-state index contributed by atoms with van der Waals surface area (Å²) in [6, 6.07) is 0. The van der Waals surface area contributed by atoms with E-state index in [0.29, 0.717) is 0 Å². The highest BCUT2D eigenvalue weighted by Gasteiger charge is 2.17. The number of piperidine rings is 2. The predicted molar refractivity (Wildman–Crippen MR) is 63.8 cm³/mol. The molecule has 0 saturated carbocycles. The van der Waals surface area contributed by atoms with Gasteiger partial charge in [0.2, 0.25) is 0 Å². The number of hydrogen-bond donors (Lipinski definition) is 2. The molecule has 2 heteroatoms. The minimum absolute atomic E-state index is 1.04. The van der Waals surface area contributed by atoms with E-state index >= 15 is 0 Å². The number of nitrogens with two attached hydrogens (primary N) is 1. The van der Waals surface area contributed by atoms with Gasteiger partial charge < -0.3 is 10.6 Å². The van der Waals surface area contributed by atoms with Crippen LogP contribution in [-0.4, -0.2) is 26.2 Å². The molecule has 88 valence electrons. The Bertz CT molecular complexity index is 140. The summed E-state index contributed by atoms with van der Waals surface area (Å²) < 4.78 is 0. The first-order valence-electron chi connectivity index (χ1n) is 6.97. The van der Waals surface area contributed by atoms with Gasteiger partial charge in [-0.3, -0.25) is 0 Å². The van der Waals surface area contributed by atoms with Gasteiger partial charge >= 0.3 is 0 Å². The van der Waals surface area contributed by atoms with Gasteiger partial charge in [0.1, 0.15) is 0 Å². The van der Waals surface area contributed by atoms with Crippen LogP contribution in [0.3, 0.4) is 0 Å². The molecule has 0 spiro atoms. The highest BCUT2D eigenvalue weighted by atomic mass is 14.9. The molecular weight excluding hydrogens is 184 g/mol. The summed E-state index contributed by atoms with van der Waals surface area (Å²) in [6.07, 6.45) is 10.3. The van der Waals surface area contributed by atoms with E-state index in [-0.39, 0.29) is 0 Å². The predicted octanol–water partition coefficient (Wildman–Crippen LogP) is 1.13. The molecular formula is C13H27N2+. The van der Waals surface area contributed by atoms with Crippen molar-refractivity contribution in [3.05, 3.63) is 0 Å². The molecule has 0 radical (unpaired) electrons. The summed E-state index contributed by atoms with van der Waals surface area (Å²) in [7, 11) is 0. The molecule has 3 N–H and O–H groups in total. The molecule has 0 atom stereocenters. The fourth-order valence-corrected chi connectivity index (χ4v) is 3.15. The van der Waals surface area contributed by atoms with E-state index in [2.05, 4.69) is 10.6 Å². The Morgan fingerprint density at radius 3 is 2.13 bits per heavy atom. The summed E-state index contributed by atoms with van der Waals surface area (Å²) >= 11 is 0. The minimum Gasteiger partial charge on any atom is -0.346 e. The maximum absolute atomic E-state index is 3.45. The first-order valence-corrected chi connectivity index (χ1v) is 6.97. The van der Waals surface area contributed by atoms with Gasteiger partial charge in [0, 0.05) is 0 Å². The van der Waals surface area contributed by atoms with Crippen LogP contribution in [0.4, 0.5) is 0 Å². The Labute approximate surface area is 94.2 Å². The zero-order valence-corrected chi connectivity index (χ0v) is 10.0. The molecule has 2 saturated heterocycles. The zero-order chi connectivity index (χ0) is 10.3. The van der Waals surface area contributed by atoms with Crippen LogP contribution in [0.1, 0.15) is 44.9 Å². The second-order valence-electron chi connectivity index (χ2n) is 5.43. The Hall–Kier alpha value is -0.0800. The Morgan fingerprint density at radius 2 is 1.47 bits per heavy atom. The van der Waals surface area contributed by atoms with Gasteiger partial charge in [-0.25, -0.2) is 0 Å². The third-order valence-electron chi connectivity index (χ3n) is 4.24. The lowest BCUT2D eigenvalue weighted by Gasteiger charge is -2.24. The first-order chi connectivity index (χ1) is 7.45. The van der Waals surface area contributed by atoms with Gasteiger partial charge in [0.05, 0.1) is 13.1 Å². The second-order valence-corrected chi connectivity index (χ2v) is 5.43. The summed E-state index contributed by atoms with van der Waals surface area (Å²) in [5.41, 5.74) is 0. The van der Waals surface area contributed by atoms with Crippen molar-refractivity contribution in [1.82, 2.24) is 5.32 Å². The lowest BCUT2D eigenvalue weighted by molar-refractivity contribution is -0.664. The van der Waals surface area contributed by atoms with E-state index < -0.39 is 0 Å². The molecule has 2 rings (SSSR count). The normalized spacial score (nSPS) is 25.6. The lowest BCUT2D eigenvalue weighted by Crippen LogP contribution is -2.86. The monoisotopic (exact) mass is 211 g/mol. The molecule has 0 aromatic carbocycles. The Balaban J connectivity index is 1.53. The standard InChI is InChI=1S/C13H26N2/c1(2-12-4-8-14-9-5-12)3-13-6-10-15-11-7-13/h12-15H,1-11H2/p+1. The summed E-state index contributed by atoms with van der Waals surface area (Å²) in [4.78, 5) is 0. The van der Waals surface area contributed by atoms with Gasteiger partial charge in [0.15, 0.2) is 0 Å². The summed E-state index contributed by atoms with van der Waals surface area (Å²) in [6.45, 7) is 5.31. The van der Waals surface area contributed by atoms with Crippen LogP contribution in [-0.2, 0) is 0 Å². The van der Waals surface area contributed by atoms with Gasteiger partial charge in [0.25, 0.3) is 0 Å². The lowest BCUT2D eigenvalue weighted by atomic mass is 9.87. The fraction of sp³-hybridized carbons (Fsp3) is 1.00. The van der Waals surface area contributed by atoms with Gasteiger partial charge in [-0.05, 0) is 50.6 Å². The molecule has 0 aromatic heterocycles. The number of nitrogens with one attached hydrogen (secondary N) is 1. The van der Waals surface area contributed by atoms with Crippen LogP contribution in [0.25, 0.3) is 0 Å². The third-order valence-corrected chi connectivity index (χ3v) is 4.24. The van der Waals surface area contributed by atoms with Crippen molar-refractivity contribution >= 4 is 0 Å². The maximum Gasteiger partial charge on any atom is 0.0758 e. The molecule has 0 unspecified atom stereocenters. The van der Waals surface area contributed by atoms with E-state index in [4.69, 9.17) is 0 Å². The van der Waals surface area contributed by atoms with Crippen LogP contribution in [0, 0.1) is 11.8 Å². The van der Waals surface area contributed by atoms with Gasteiger partial charge in [-0.15, -0.1) is 0 Å². The molecule has 0 aromatic rings. The van der Waals surface area contributed by atoms with Gasteiger partial charge in [-0.1, -0.05) is 19.3 Å². The van der Waals surface area contributed by atoms with Crippen LogP contribution < -0.4 is 10.6 Å². The van der Waals surface area contributed by atoms with E-state index in [1.807, 2.05) is 0 Å². The van der Waals surface area contributed by atoms with Crippen molar-refractivity contribution in [3.8, 4) is 0 Å². The zero-order valence-electron chi connectivity index (χ0n) is 10.0. The highest BCUT2D eigenvalue weighted by Crippen LogP contribution is 2.23. The molecule has 2 aliphatic rings. The van der Waals surface area contributed by atoms with Crippen molar-refractivity contribution in [2.75, 3.05) is 26.2 Å². The third kappa shape index (κ3) is 4.12. The summed E-state index contributed by atoms with van der Waals surface area (Å²) in [5, 5.41) is 5.93. The first kappa shape index (κ1) is 11.4. The number of quaternary nitrogens is 1. The van der Waals surface area contributed by atoms with Crippen molar-refractivity contribution in [1.29, 1.82) is 0 Å². The maximum atomic E-state index is 3.45. The van der Waals surface area contributed by atoms with E-state index in [9.17, 15) is 0 Å². The molecule has 2 heterocycles. The summed E-state index contributed by atoms with van der Waals surface area (Å²) in [5.74, 6) is 2.11. The van der Waals surface area contributed by atoms with Crippen LogP contribution in [0.2, 0.25) is 0 Å². The van der Waals surface area contributed by atoms with Crippen LogP contribution >= 0.6 is 0 Å². The topological polar surface area (TPSA) is 28.6 Å². The van der Waals surface area contributed by atoms with E-state index in [1.165, 1.54) is 71.1 Å². The Morgan fingerprint density at radius 1 is 0.867 bits per heavy atom. The van der Waals surface area contributed by atoms with Crippen LogP contribution in [0.15, 0.2) is 0 Å². The number of rotatable bonds is 4. The molecule has 2 aliphatic heterocycles. The molecule has 15 heavy (non-hydrogen) atoms. The fourth-order valence-electron chi connectivity index (χ4n) is 3.15. The van der Waals surface area contributed by atoms with E-state index in [1.54, 1.807) is 0 Å². The van der Waals surface area contributed by atoms with Crippen LogP contribution in [0.5, 0.6) is 0 Å². The smallest absolute Gasteiger partial charge is 0.0758 e. The minimum atomic E-state index is 1.04. The van der Waals surface area contributed by atoms with Gasteiger partial charge in [-0.2, -0.15) is 0 Å². The number of hydrogen-bond acceptors (Lipinski definition) is 1. The quantitative estimate of drug-likeness (QED) is 0.717. The second kappa shape index (κ2) is 6.49. The molecule has 2 nitrogen and oxygen atoms in total. The Kier molecular flexibility index (Phi) is 4.94. The average molecular weight is 211 g/mol. The molecule has 0 aliphatic carbocycles. The SMILES string of the molecule is C(CC1CCNCC1)CC1CC[NH2+]CC1.